The quantitative estimate of drug-likeness (QED) is 0.613. The molecule has 25 heavy (non-hydrogen) atoms. The minimum Gasteiger partial charge on any atom is -0.345 e. The SMILES string of the molecule is CC(NC(=O)c1cc([N+](=O)[O-])ccc1Cl)c1ccc(C(C)(C)C)cc1. The molecule has 0 spiro atoms. The lowest BCUT2D eigenvalue weighted by Gasteiger charge is -2.21. The molecule has 2 aromatic rings. The van der Waals surface area contributed by atoms with Crippen LogP contribution >= 0.6 is 11.6 Å². The van der Waals surface area contributed by atoms with Crippen LogP contribution in [0.4, 0.5) is 5.69 Å². The van der Waals surface area contributed by atoms with Gasteiger partial charge in [0.15, 0.2) is 0 Å². The smallest absolute Gasteiger partial charge is 0.270 e. The number of nitrogens with zero attached hydrogens (tertiary/aromatic N) is 1. The first-order chi connectivity index (χ1) is 11.6. The monoisotopic (exact) mass is 360 g/mol. The fourth-order valence-corrected chi connectivity index (χ4v) is 2.63. The molecule has 0 fully saturated rings. The van der Waals surface area contributed by atoms with Gasteiger partial charge in [-0.1, -0.05) is 56.6 Å². The lowest BCUT2D eigenvalue weighted by molar-refractivity contribution is -0.384. The van der Waals surface area contributed by atoms with Crippen molar-refractivity contribution in [3.8, 4) is 0 Å². The molecule has 1 atom stereocenters. The summed E-state index contributed by atoms with van der Waals surface area (Å²) in [5, 5.41) is 13.9. The maximum absolute atomic E-state index is 12.4. The summed E-state index contributed by atoms with van der Waals surface area (Å²) in [6, 6.07) is 11.6. The fraction of sp³-hybridized carbons (Fsp3) is 0.316. The van der Waals surface area contributed by atoms with Gasteiger partial charge in [0.2, 0.25) is 0 Å². The summed E-state index contributed by atoms with van der Waals surface area (Å²) >= 11 is 6.01. The highest BCUT2D eigenvalue weighted by molar-refractivity contribution is 6.33. The highest BCUT2D eigenvalue weighted by atomic mass is 35.5. The zero-order valence-corrected chi connectivity index (χ0v) is 15.4. The zero-order chi connectivity index (χ0) is 18.8. The Morgan fingerprint density at radius 3 is 2.28 bits per heavy atom. The van der Waals surface area contributed by atoms with E-state index in [2.05, 4.69) is 26.1 Å². The lowest BCUT2D eigenvalue weighted by atomic mass is 9.86. The fourth-order valence-electron chi connectivity index (χ4n) is 2.43. The molecular formula is C19H21ClN2O3. The number of amides is 1. The molecule has 6 heteroatoms. The minimum atomic E-state index is -0.554. The number of carbonyl (C=O) groups excluding carboxylic acids is 1. The maximum Gasteiger partial charge on any atom is 0.270 e. The number of halogens is 1. The first-order valence-electron chi connectivity index (χ1n) is 7.95. The molecule has 0 aromatic heterocycles. The van der Waals surface area contributed by atoms with E-state index in [9.17, 15) is 14.9 Å². The molecule has 1 N–H and O–H groups in total. The molecule has 0 heterocycles. The van der Waals surface area contributed by atoms with Crippen molar-refractivity contribution in [2.45, 2.75) is 39.2 Å². The van der Waals surface area contributed by atoms with E-state index in [1.165, 1.54) is 23.8 Å². The molecule has 0 aliphatic rings. The van der Waals surface area contributed by atoms with Gasteiger partial charge < -0.3 is 5.32 Å². The van der Waals surface area contributed by atoms with Gasteiger partial charge in [0, 0.05) is 12.1 Å². The summed E-state index contributed by atoms with van der Waals surface area (Å²) < 4.78 is 0. The van der Waals surface area contributed by atoms with Crippen molar-refractivity contribution in [3.63, 3.8) is 0 Å². The lowest BCUT2D eigenvalue weighted by Crippen LogP contribution is -2.27. The van der Waals surface area contributed by atoms with Gasteiger partial charge in [0.1, 0.15) is 0 Å². The Bertz CT molecular complexity index is 795. The van der Waals surface area contributed by atoms with Crippen molar-refractivity contribution >= 4 is 23.2 Å². The van der Waals surface area contributed by atoms with Crippen LogP contribution in [0, 0.1) is 10.1 Å². The number of non-ortho nitro benzene ring substituents is 1. The van der Waals surface area contributed by atoms with Gasteiger partial charge in [-0.2, -0.15) is 0 Å². The van der Waals surface area contributed by atoms with Crippen molar-refractivity contribution in [3.05, 3.63) is 74.3 Å². The summed E-state index contributed by atoms with van der Waals surface area (Å²) in [6.45, 7) is 8.27. The van der Waals surface area contributed by atoms with Crippen LogP contribution in [0.25, 0.3) is 0 Å². The van der Waals surface area contributed by atoms with Gasteiger partial charge in [-0.3, -0.25) is 14.9 Å². The van der Waals surface area contributed by atoms with Crippen LogP contribution in [0.3, 0.4) is 0 Å². The largest absolute Gasteiger partial charge is 0.345 e. The summed E-state index contributed by atoms with van der Waals surface area (Å²) in [5.41, 5.74) is 2.13. The third-order valence-electron chi connectivity index (χ3n) is 4.03. The van der Waals surface area contributed by atoms with Crippen LogP contribution in [0.15, 0.2) is 42.5 Å². The third kappa shape index (κ3) is 4.57. The number of rotatable bonds is 4. The topological polar surface area (TPSA) is 72.2 Å². The van der Waals surface area contributed by atoms with Crippen LogP contribution in [0.2, 0.25) is 5.02 Å². The van der Waals surface area contributed by atoms with Crippen molar-refractivity contribution in [2.24, 2.45) is 0 Å². The van der Waals surface area contributed by atoms with E-state index in [0.29, 0.717) is 0 Å². The van der Waals surface area contributed by atoms with E-state index in [1.54, 1.807) is 0 Å². The molecule has 0 saturated heterocycles. The molecule has 1 amide bonds. The average Bonchev–Trinajstić information content (AvgIpc) is 2.54. The van der Waals surface area contributed by atoms with Crippen LogP contribution < -0.4 is 5.32 Å². The molecular weight excluding hydrogens is 340 g/mol. The molecule has 132 valence electrons. The number of nitro groups is 1. The highest BCUT2D eigenvalue weighted by Gasteiger charge is 2.19. The number of nitrogens with one attached hydrogen (secondary N) is 1. The number of benzene rings is 2. The molecule has 2 rings (SSSR count). The minimum absolute atomic E-state index is 0.0571. The predicted molar refractivity (Wildman–Crippen MR) is 99.1 cm³/mol. The van der Waals surface area contributed by atoms with Gasteiger partial charge in [-0.05, 0) is 29.5 Å². The molecule has 1 unspecified atom stereocenters. The molecule has 5 nitrogen and oxygen atoms in total. The Kier molecular flexibility index (Phi) is 5.48. The maximum atomic E-state index is 12.4. The van der Waals surface area contributed by atoms with Gasteiger partial charge in [0.25, 0.3) is 11.6 Å². The zero-order valence-electron chi connectivity index (χ0n) is 14.7. The summed E-state index contributed by atoms with van der Waals surface area (Å²) in [4.78, 5) is 22.8. The van der Waals surface area contributed by atoms with Gasteiger partial charge in [-0.15, -0.1) is 0 Å². The van der Waals surface area contributed by atoms with Crippen LogP contribution in [0.5, 0.6) is 0 Å². The molecule has 0 bridgehead atoms. The van der Waals surface area contributed by atoms with E-state index in [4.69, 9.17) is 11.6 Å². The average molecular weight is 361 g/mol. The van der Waals surface area contributed by atoms with E-state index < -0.39 is 10.8 Å². The van der Waals surface area contributed by atoms with Crippen LogP contribution in [-0.2, 0) is 5.41 Å². The third-order valence-corrected chi connectivity index (χ3v) is 4.36. The van der Waals surface area contributed by atoms with E-state index in [0.717, 1.165) is 5.56 Å². The van der Waals surface area contributed by atoms with Crippen LogP contribution in [0.1, 0.15) is 55.2 Å². The Morgan fingerprint density at radius 2 is 1.76 bits per heavy atom. The van der Waals surface area contributed by atoms with E-state index in [-0.39, 0.29) is 27.7 Å². The van der Waals surface area contributed by atoms with Gasteiger partial charge in [-0.25, -0.2) is 0 Å². The van der Waals surface area contributed by atoms with Crippen molar-refractivity contribution in [1.29, 1.82) is 0 Å². The van der Waals surface area contributed by atoms with Crippen molar-refractivity contribution < 1.29 is 9.72 Å². The number of hydrogen-bond acceptors (Lipinski definition) is 3. The standard InChI is InChI=1S/C19H21ClN2O3/c1-12(13-5-7-14(8-6-13)19(2,3)4)21-18(23)16-11-15(22(24)25)9-10-17(16)20/h5-12H,1-4H3,(H,21,23). The molecule has 2 aromatic carbocycles. The van der Waals surface area contributed by atoms with Gasteiger partial charge in [0.05, 0.1) is 21.6 Å². The summed E-state index contributed by atoms with van der Waals surface area (Å²) in [7, 11) is 0. The van der Waals surface area contributed by atoms with Gasteiger partial charge >= 0.3 is 0 Å². The summed E-state index contributed by atoms with van der Waals surface area (Å²) in [6.07, 6.45) is 0. The summed E-state index contributed by atoms with van der Waals surface area (Å²) in [5.74, 6) is -0.443. The second-order valence-electron chi connectivity index (χ2n) is 6.99. The highest BCUT2D eigenvalue weighted by Crippen LogP contribution is 2.25. The van der Waals surface area contributed by atoms with E-state index in [1.807, 2.05) is 31.2 Å². The van der Waals surface area contributed by atoms with Crippen molar-refractivity contribution in [1.82, 2.24) is 5.32 Å². The first kappa shape index (κ1) is 18.9. The number of carbonyl (C=O) groups is 1. The molecule has 0 saturated carbocycles. The molecule has 0 aliphatic carbocycles. The predicted octanol–water partition coefficient (Wildman–Crippen LogP) is 5.04. The van der Waals surface area contributed by atoms with E-state index >= 15 is 0 Å². The molecule has 0 aliphatic heterocycles. The second kappa shape index (κ2) is 7.23. The second-order valence-corrected chi connectivity index (χ2v) is 7.40. The first-order valence-corrected chi connectivity index (χ1v) is 8.32. The van der Waals surface area contributed by atoms with Crippen LogP contribution in [-0.4, -0.2) is 10.8 Å². The number of hydrogen-bond donors (Lipinski definition) is 1. The Labute approximate surface area is 152 Å². The number of nitro benzene ring substituents is 1. The molecule has 0 radical (unpaired) electrons. The Hall–Kier alpha value is -2.40. The normalized spacial score (nSPS) is 12.5. The van der Waals surface area contributed by atoms with Crippen molar-refractivity contribution in [2.75, 3.05) is 0 Å². The Balaban J connectivity index is 2.17. The Morgan fingerprint density at radius 1 is 1.16 bits per heavy atom.